The smallest absolute Gasteiger partial charge is 0.303 e. The summed E-state index contributed by atoms with van der Waals surface area (Å²) in [6.45, 7) is 1.98. The van der Waals surface area contributed by atoms with Crippen LogP contribution in [0.3, 0.4) is 0 Å². The van der Waals surface area contributed by atoms with Crippen molar-refractivity contribution in [3.8, 4) is 0 Å². The number of hydrogen-bond donors (Lipinski definition) is 1. The predicted octanol–water partition coefficient (Wildman–Crippen LogP) is 2.53. The molecule has 1 N–H and O–H groups in total. The molecule has 0 atom stereocenters. The van der Waals surface area contributed by atoms with Crippen LogP contribution in [0.1, 0.15) is 41.0 Å². The molecule has 0 spiro atoms. The first kappa shape index (κ1) is 15.8. The predicted molar refractivity (Wildman–Crippen MR) is 40.6 cm³/mol. The van der Waals surface area contributed by atoms with Gasteiger partial charge in [0.25, 0.3) is 0 Å². The van der Waals surface area contributed by atoms with Crippen molar-refractivity contribution in [2.75, 3.05) is 0 Å². The molecular weight excluding hydrogens is 116 g/mol. The molecule has 0 fully saturated rings. The van der Waals surface area contributed by atoms with Gasteiger partial charge in [-0.1, -0.05) is 28.2 Å². The van der Waals surface area contributed by atoms with E-state index >= 15 is 0 Å². The van der Waals surface area contributed by atoms with Crippen molar-refractivity contribution in [1.29, 1.82) is 0 Å². The standard InChI is InChI=1S/C5H10O2.2CH4/c1-2-3-4-5(6)7;;/h2-4H2,1H3,(H,6,7);2*1H4. The number of aliphatic carboxylic acids is 1. The van der Waals surface area contributed by atoms with Crippen LogP contribution in [0.15, 0.2) is 0 Å². The summed E-state index contributed by atoms with van der Waals surface area (Å²) < 4.78 is 0. The number of carboxylic acids is 1. The van der Waals surface area contributed by atoms with Crippen molar-refractivity contribution < 1.29 is 9.90 Å². The molecule has 2 nitrogen and oxygen atoms in total. The van der Waals surface area contributed by atoms with Crippen LogP contribution >= 0.6 is 0 Å². The SMILES string of the molecule is C.C.CCCCC(=O)O. The summed E-state index contributed by atoms with van der Waals surface area (Å²) in [6, 6.07) is 0. The number of hydrogen-bond acceptors (Lipinski definition) is 1. The van der Waals surface area contributed by atoms with Gasteiger partial charge in [0.15, 0.2) is 0 Å². The summed E-state index contributed by atoms with van der Waals surface area (Å²) >= 11 is 0. The first-order chi connectivity index (χ1) is 3.27. The third-order valence-corrected chi connectivity index (χ3v) is 0.744. The van der Waals surface area contributed by atoms with Crippen LogP contribution in [-0.2, 0) is 4.79 Å². The van der Waals surface area contributed by atoms with Crippen LogP contribution in [-0.4, -0.2) is 11.1 Å². The van der Waals surface area contributed by atoms with E-state index < -0.39 is 5.97 Å². The molecule has 2 heteroatoms. The van der Waals surface area contributed by atoms with Gasteiger partial charge in [0.2, 0.25) is 0 Å². The molecular formula is C7H18O2. The van der Waals surface area contributed by atoms with Gasteiger partial charge >= 0.3 is 5.97 Å². The van der Waals surface area contributed by atoms with E-state index in [1.54, 1.807) is 0 Å². The zero-order valence-corrected chi connectivity index (χ0v) is 4.48. The number of rotatable bonds is 3. The molecule has 0 saturated carbocycles. The normalized spacial score (nSPS) is 6.78. The van der Waals surface area contributed by atoms with Gasteiger partial charge in [0.05, 0.1) is 0 Å². The molecule has 0 aliphatic carbocycles. The Labute approximate surface area is 57.9 Å². The highest BCUT2D eigenvalue weighted by Crippen LogP contribution is 1.91. The van der Waals surface area contributed by atoms with Crippen molar-refractivity contribution in [1.82, 2.24) is 0 Å². The Hall–Kier alpha value is -0.530. The maximum absolute atomic E-state index is 9.76. The van der Waals surface area contributed by atoms with E-state index in [9.17, 15) is 4.79 Å². The third kappa shape index (κ3) is 18.6. The van der Waals surface area contributed by atoms with Gasteiger partial charge in [-0.3, -0.25) is 4.79 Å². The van der Waals surface area contributed by atoms with Gasteiger partial charge < -0.3 is 5.11 Å². The Morgan fingerprint density at radius 3 is 2.00 bits per heavy atom. The van der Waals surface area contributed by atoms with E-state index in [-0.39, 0.29) is 14.9 Å². The average molecular weight is 134 g/mol. The second-order valence-corrected chi connectivity index (χ2v) is 1.50. The molecule has 0 radical (unpaired) electrons. The fourth-order valence-corrected chi connectivity index (χ4v) is 0.328. The van der Waals surface area contributed by atoms with Crippen LogP contribution in [0.2, 0.25) is 0 Å². The van der Waals surface area contributed by atoms with Crippen LogP contribution in [0.25, 0.3) is 0 Å². The van der Waals surface area contributed by atoms with Gasteiger partial charge in [-0.05, 0) is 6.42 Å². The molecule has 9 heavy (non-hydrogen) atoms. The van der Waals surface area contributed by atoms with E-state index in [2.05, 4.69) is 0 Å². The highest BCUT2D eigenvalue weighted by Gasteiger charge is 1.90. The van der Waals surface area contributed by atoms with Gasteiger partial charge in [-0.15, -0.1) is 0 Å². The van der Waals surface area contributed by atoms with Crippen molar-refractivity contribution >= 4 is 5.97 Å². The fraction of sp³-hybridized carbons (Fsp3) is 0.857. The maximum atomic E-state index is 9.76. The van der Waals surface area contributed by atoms with Crippen LogP contribution in [0, 0.1) is 0 Å². The molecule has 58 valence electrons. The summed E-state index contributed by atoms with van der Waals surface area (Å²) in [5.41, 5.74) is 0. The topological polar surface area (TPSA) is 37.3 Å². The van der Waals surface area contributed by atoms with Gasteiger partial charge in [0.1, 0.15) is 0 Å². The number of carbonyl (C=O) groups is 1. The van der Waals surface area contributed by atoms with Crippen LogP contribution in [0.5, 0.6) is 0 Å². The minimum Gasteiger partial charge on any atom is -0.481 e. The lowest BCUT2D eigenvalue weighted by atomic mass is 10.3. The summed E-state index contributed by atoms with van der Waals surface area (Å²) in [5.74, 6) is -0.693. The molecule has 0 unspecified atom stereocenters. The van der Waals surface area contributed by atoms with Gasteiger partial charge in [0, 0.05) is 6.42 Å². The highest BCUT2D eigenvalue weighted by molar-refractivity contribution is 5.66. The molecule has 0 saturated heterocycles. The fourth-order valence-electron chi connectivity index (χ4n) is 0.328. The third-order valence-electron chi connectivity index (χ3n) is 0.744. The monoisotopic (exact) mass is 134 g/mol. The Balaban J connectivity index is -0.000000180. The summed E-state index contributed by atoms with van der Waals surface area (Å²) in [7, 11) is 0. The minimum absolute atomic E-state index is 0. The maximum Gasteiger partial charge on any atom is 0.303 e. The summed E-state index contributed by atoms with van der Waals surface area (Å²) in [4.78, 5) is 9.76. The largest absolute Gasteiger partial charge is 0.481 e. The Morgan fingerprint density at radius 1 is 1.44 bits per heavy atom. The van der Waals surface area contributed by atoms with Crippen molar-refractivity contribution in [3.63, 3.8) is 0 Å². The Kier molecular flexibility index (Phi) is 18.3. The zero-order chi connectivity index (χ0) is 5.70. The van der Waals surface area contributed by atoms with E-state index in [0.29, 0.717) is 6.42 Å². The second kappa shape index (κ2) is 10.5. The molecule has 0 aromatic carbocycles. The first-order valence-corrected chi connectivity index (χ1v) is 2.49. The quantitative estimate of drug-likeness (QED) is 0.644. The summed E-state index contributed by atoms with van der Waals surface area (Å²) in [6.07, 6.45) is 2.08. The van der Waals surface area contributed by atoms with Crippen LogP contribution in [0.4, 0.5) is 0 Å². The lowest BCUT2D eigenvalue weighted by molar-refractivity contribution is -0.137. The van der Waals surface area contributed by atoms with Gasteiger partial charge in [-0.25, -0.2) is 0 Å². The molecule has 0 amide bonds. The lowest BCUT2D eigenvalue weighted by Gasteiger charge is -1.85. The van der Waals surface area contributed by atoms with Gasteiger partial charge in [-0.2, -0.15) is 0 Å². The van der Waals surface area contributed by atoms with Crippen molar-refractivity contribution in [2.45, 2.75) is 41.0 Å². The van der Waals surface area contributed by atoms with E-state index in [0.717, 1.165) is 12.8 Å². The lowest BCUT2D eigenvalue weighted by Crippen LogP contribution is -1.91. The molecule has 0 bridgehead atoms. The molecule has 0 aromatic rings. The molecule has 0 aromatic heterocycles. The van der Waals surface area contributed by atoms with Crippen LogP contribution < -0.4 is 0 Å². The van der Waals surface area contributed by atoms with Crippen molar-refractivity contribution in [2.24, 2.45) is 0 Å². The average Bonchev–Trinajstić information content (AvgIpc) is 1.61. The molecule has 0 aliphatic rings. The Bertz CT molecular complexity index is 59.9. The highest BCUT2D eigenvalue weighted by atomic mass is 16.4. The zero-order valence-electron chi connectivity index (χ0n) is 4.48. The number of carboxylic acid groups (broad SMARTS) is 1. The second-order valence-electron chi connectivity index (χ2n) is 1.50. The van der Waals surface area contributed by atoms with E-state index in [4.69, 9.17) is 5.11 Å². The molecule has 0 heterocycles. The molecule has 0 rings (SSSR count). The minimum atomic E-state index is -0.693. The van der Waals surface area contributed by atoms with E-state index in [1.807, 2.05) is 6.92 Å². The first-order valence-electron chi connectivity index (χ1n) is 2.49. The Morgan fingerprint density at radius 2 is 1.89 bits per heavy atom. The molecule has 0 aliphatic heterocycles. The summed E-state index contributed by atoms with van der Waals surface area (Å²) in [5, 5.41) is 8.04. The van der Waals surface area contributed by atoms with Crippen molar-refractivity contribution in [3.05, 3.63) is 0 Å². The number of unbranched alkanes of at least 4 members (excludes halogenated alkanes) is 1. The van der Waals surface area contributed by atoms with E-state index in [1.165, 1.54) is 0 Å².